The number of nitrogens with zero attached hydrogens (tertiary/aromatic N) is 3. The summed E-state index contributed by atoms with van der Waals surface area (Å²) in [5.41, 5.74) is 1.31. The van der Waals surface area contributed by atoms with Crippen molar-refractivity contribution < 1.29 is 9.90 Å². The van der Waals surface area contributed by atoms with Crippen molar-refractivity contribution in [2.45, 2.75) is 63.9 Å². The standard InChI is InChI=1S/C26H29ClN4O2/c1-24(2,3)22-13-21-23(32)31-20-12-8-11-19(27)18(20)14-26(33,25(31,4)16-30(21)29-22)28-15-17-9-6-5-7-10-17/h5-13,28,33H,14-16H2,1-4H3. The Balaban J connectivity index is 1.65. The highest BCUT2D eigenvalue weighted by Crippen LogP contribution is 2.47. The predicted octanol–water partition coefficient (Wildman–Crippen LogP) is 4.29. The van der Waals surface area contributed by atoms with Crippen molar-refractivity contribution >= 4 is 23.2 Å². The molecule has 2 N–H and O–H groups in total. The molecule has 5 rings (SSSR count). The Kier molecular flexibility index (Phi) is 4.98. The van der Waals surface area contributed by atoms with Gasteiger partial charge in [-0.1, -0.05) is 68.8 Å². The lowest BCUT2D eigenvalue weighted by Gasteiger charge is -2.57. The number of carbonyl (C=O) groups is 1. The number of fused-ring (bicyclic) bond motifs is 4. The van der Waals surface area contributed by atoms with Crippen molar-refractivity contribution in [2.24, 2.45) is 0 Å². The summed E-state index contributed by atoms with van der Waals surface area (Å²) in [4.78, 5) is 15.6. The van der Waals surface area contributed by atoms with E-state index >= 15 is 0 Å². The van der Waals surface area contributed by atoms with Gasteiger partial charge >= 0.3 is 0 Å². The van der Waals surface area contributed by atoms with Crippen molar-refractivity contribution in [2.75, 3.05) is 4.90 Å². The van der Waals surface area contributed by atoms with Crippen LogP contribution in [0, 0.1) is 0 Å². The van der Waals surface area contributed by atoms with Gasteiger partial charge in [-0.25, -0.2) is 0 Å². The summed E-state index contributed by atoms with van der Waals surface area (Å²) in [5.74, 6) is -0.185. The molecule has 3 aromatic rings. The third kappa shape index (κ3) is 3.39. The summed E-state index contributed by atoms with van der Waals surface area (Å²) in [6.07, 6.45) is 0.276. The second-order valence-corrected chi connectivity index (χ2v) is 10.8. The average Bonchev–Trinajstić information content (AvgIpc) is 3.19. The maximum Gasteiger partial charge on any atom is 0.277 e. The highest BCUT2D eigenvalue weighted by atomic mass is 35.5. The zero-order valence-electron chi connectivity index (χ0n) is 19.4. The molecule has 6 nitrogen and oxygen atoms in total. The van der Waals surface area contributed by atoms with Gasteiger partial charge in [0.25, 0.3) is 5.91 Å². The minimum absolute atomic E-state index is 0.185. The first-order chi connectivity index (χ1) is 15.5. The van der Waals surface area contributed by atoms with E-state index in [-0.39, 0.29) is 17.7 Å². The van der Waals surface area contributed by atoms with Crippen LogP contribution in [0.3, 0.4) is 0 Å². The zero-order valence-corrected chi connectivity index (χ0v) is 20.1. The van der Waals surface area contributed by atoms with Crippen molar-refractivity contribution in [3.63, 3.8) is 0 Å². The van der Waals surface area contributed by atoms with Gasteiger partial charge in [-0.3, -0.25) is 19.7 Å². The highest BCUT2D eigenvalue weighted by molar-refractivity contribution is 6.32. The molecule has 7 heteroatoms. The van der Waals surface area contributed by atoms with Gasteiger partial charge in [-0.2, -0.15) is 5.10 Å². The van der Waals surface area contributed by atoms with Gasteiger partial charge in [0.1, 0.15) is 17.0 Å². The fourth-order valence-corrected chi connectivity index (χ4v) is 5.18. The van der Waals surface area contributed by atoms with E-state index in [0.717, 1.165) is 22.5 Å². The van der Waals surface area contributed by atoms with Crippen LogP contribution in [0.5, 0.6) is 0 Å². The molecule has 0 radical (unpaired) electrons. The third-order valence-corrected chi connectivity index (χ3v) is 7.36. The van der Waals surface area contributed by atoms with Crippen LogP contribution in [-0.2, 0) is 24.9 Å². The molecule has 0 fully saturated rings. The number of nitrogens with one attached hydrogen (secondary N) is 1. The summed E-state index contributed by atoms with van der Waals surface area (Å²) in [5, 5.41) is 20.8. The van der Waals surface area contributed by atoms with Gasteiger partial charge in [0.15, 0.2) is 0 Å². The number of halogens is 1. The molecule has 1 amide bonds. The lowest BCUT2D eigenvalue weighted by molar-refractivity contribution is -0.0759. The van der Waals surface area contributed by atoms with Crippen LogP contribution in [0.4, 0.5) is 5.69 Å². The number of carbonyl (C=O) groups excluding carboxylic acids is 1. The normalized spacial score (nSPS) is 24.3. The van der Waals surface area contributed by atoms with Crippen LogP contribution in [0.1, 0.15) is 55.0 Å². The zero-order chi connectivity index (χ0) is 23.6. The number of aliphatic hydroxyl groups is 1. The number of benzene rings is 2. The summed E-state index contributed by atoms with van der Waals surface area (Å²) >= 11 is 6.58. The molecule has 2 aliphatic heterocycles. The van der Waals surface area contributed by atoms with Crippen LogP contribution in [0.15, 0.2) is 54.6 Å². The van der Waals surface area contributed by atoms with E-state index in [4.69, 9.17) is 16.7 Å². The molecule has 2 aromatic carbocycles. The topological polar surface area (TPSA) is 70.4 Å². The Morgan fingerprint density at radius 3 is 2.58 bits per heavy atom. The Bertz CT molecular complexity index is 1230. The Hall–Kier alpha value is -2.67. The van der Waals surface area contributed by atoms with Crippen molar-refractivity contribution in [1.82, 2.24) is 15.1 Å². The molecule has 172 valence electrons. The SMILES string of the molecule is CC(C)(C)c1cc2n(n1)CC1(C)N(C2=O)c2cccc(Cl)c2CC1(O)NCc1ccccc1. The van der Waals surface area contributed by atoms with Crippen LogP contribution >= 0.6 is 11.6 Å². The summed E-state index contributed by atoms with van der Waals surface area (Å²) in [7, 11) is 0. The predicted molar refractivity (Wildman–Crippen MR) is 130 cm³/mol. The monoisotopic (exact) mass is 464 g/mol. The van der Waals surface area contributed by atoms with Gasteiger partial charge < -0.3 is 5.11 Å². The smallest absolute Gasteiger partial charge is 0.277 e. The second-order valence-electron chi connectivity index (χ2n) is 10.4. The van der Waals surface area contributed by atoms with E-state index in [2.05, 4.69) is 26.1 Å². The van der Waals surface area contributed by atoms with E-state index in [1.54, 1.807) is 15.6 Å². The van der Waals surface area contributed by atoms with E-state index < -0.39 is 11.3 Å². The molecule has 0 spiro atoms. The Labute approximate surface area is 199 Å². The highest BCUT2D eigenvalue weighted by Gasteiger charge is 2.59. The lowest BCUT2D eigenvalue weighted by Crippen LogP contribution is -2.76. The minimum Gasteiger partial charge on any atom is -0.373 e. The molecule has 0 saturated heterocycles. The summed E-state index contributed by atoms with van der Waals surface area (Å²) in [6.45, 7) is 8.96. The van der Waals surface area contributed by atoms with Gasteiger partial charge in [-0.05, 0) is 36.2 Å². The maximum atomic E-state index is 13.9. The van der Waals surface area contributed by atoms with Crippen LogP contribution < -0.4 is 10.2 Å². The summed E-state index contributed by atoms with van der Waals surface area (Å²) in [6, 6.07) is 17.3. The first-order valence-corrected chi connectivity index (χ1v) is 11.6. The first-order valence-electron chi connectivity index (χ1n) is 11.3. The number of rotatable bonds is 3. The summed E-state index contributed by atoms with van der Waals surface area (Å²) < 4.78 is 1.75. The van der Waals surface area contributed by atoms with Gasteiger partial charge in [0.05, 0.1) is 12.2 Å². The third-order valence-electron chi connectivity index (χ3n) is 7.01. The van der Waals surface area contributed by atoms with Gasteiger partial charge in [-0.15, -0.1) is 0 Å². The fraction of sp³-hybridized carbons (Fsp3) is 0.385. The lowest BCUT2D eigenvalue weighted by atomic mass is 9.75. The number of amides is 1. The molecular formula is C26H29ClN4O2. The van der Waals surface area contributed by atoms with Crippen LogP contribution in [0.2, 0.25) is 5.02 Å². The molecule has 1 aromatic heterocycles. The van der Waals surface area contributed by atoms with E-state index in [0.29, 0.717) is 23.8 Å². The molecule has 2 unspecified atom stereocenters. The quantitative estimate of drug-likeness (QED) is 0.567. The maximum absolute atomic E-state index is 13.9. The average molecular weight is 465 g/mol. The van der Waals surface area contributed by atoms with Crippen molar-refractivity contribution in [1.29, 1.82) is 0 Å². The molecule has 0 aliphatic carbocycles. The van der Waals surface area contributed by atoms with Crippen molar-refractivity contribution in [3.05, 3.63) is 82.1 Å². The van der Waals surface area contributed by atoms with Crippen LogP contribution in [-0.4, -0.2) is 32.1 Å². The fourth-order valence-electron chi connectivity index (χ4n) is 4.94. The van der Waals surface area contributed by atoms with E-state index in [1.807, 2.05) is 55.5 Å². The Morgan fingerprint density at radius 1 is 1.15 bits per heavy atom. The van der Waals surface area contributed by atoms with Crippen LogP contribution in [0.25, 0.3) is 0 Å². The molecule has 2 aliphatic rings. The number of anilines is 1. The van der Waals surface area contributed by atoms with E-state index in [1.165, 1.54) is 0 Å². The number of aromatic nitrogens is 2. The molecule has 2 atom stereocenters. The molecule has 0 bridgehead atoms. The number of hydrogen-bond acceptors (Lipinski definition) is 4. The second kappa shape index (κ2) is 7.42. The molecular weight excluding hydrogens is 436 g/mol. The van der Waals surface area contributed by atoms with Gasteiger partial charge in [0, 0.05) is 29.1 Å². The minimum atomic E-state index is -1.43. The first kappa shape index (κ1) is 22.1. The molecule has 33 heavy (non-hydrogen) atoms. The van der Waals surface area contributed by atoms with E-state index in [9.17, 15) is 9.90 Å². The molecule has 0 saturated carbocycles. The van der Waals surface area contributed by atoms with Gasteiger partial charge in [0.2, 0.25) is 0 Å². The molecule has 3 heterocycles. The van der Waals surface area contributed by atoms with Crippen molar-refractivity contribution in [3.8, 4) is 0 Å². The number of hydrogen-bond donors (Lipinski definition) is 2. The largest absolute Gasteiger partial charge is 0.373 e. The Morgan fingerprint density at radius 2 is 1.88 bits per heavy atom.